The minimum absolute atomic E-state index is 0.0494. The number of rotatable bonds is 7. The first-order valence-corrected chi connectivity index (χ1v) is 14.4. The van der Waals surface area contributed by atoms with Crippen LogP contribution in [0, 0.1) is 29.1 Å². The SMILES string of the molecule is CCOC(=O)C1CCN(S(=O)(=O)N2CCC(=CC(=O)NC[C@@H]3CC[C@H]4C[C@@H]3C4(C)C)CC2)CC1. The van der Waals surface area contributed by atoms with E-state index in [1.54, 1.807) is 13.0 Å². The number of amides is 1. The monoisotopic (exact) mass is 495 g/mol. The first-order valence-electron chi connectivity index (χ1n) is 13.0. The van der Waals surface area contributed by atoms with Crippen molar-refractivity contribution in [1.82, 2.24) is 13.9 Å². The fourth-order valence-corrected chi connectivity index (χ4v) is 8.21. The Labute approximate surface area is 204 Å². The van der Waals surface area contributed by atoms with E-state index < -0.39 is 10.2 Å². The average Bonchev–Trinajstić information content (AvgIpc) is 2.83. The molecule has 5 rings (SSSR count). The van der Waals surface area contributed by atoms with Gasteiger partial charge in [0.1, 0.15) is 0 Å². The van der Waals surface area contributed by atoms with E-state index >= 15 is 0 Å². The summed E-state index contributed by atoms with van der Waals surface area (Å²) in [6, 6.07) is 0. The molecule has 0 aromatic heterocycles. The molecule has 3 atom stereocenters. The molecule has 2 bridgehead atoms. The van der Waals surface area contributed by atoms with Crippen LogP contribution in [0.25, 0.3) is 0 Å². The van der Waals surface area contributed by atoms with Crippen molar-refractivity contribution >= 4 is 22.1 Å². The van der Waals surface area contributed by atoms with E-state index in [9.17, 15) is 18.0 Å². The number of hydrogen-bond acceptors (Lipinski definition) is 5. The van der Waals surface area contributed by atoms with Crippen molar-refractivity contribution in [2.24, 2.45) is 29.1 Å². The topological polar surface area (TPSA) is 96.0 Å². The Bertz CT molecular complexity index is 896. The molecule has 5 aliphatic rings. The molecule has 0 spiro atoms. The molecule has 0 aromatic carbocycles. The maximum atomic E-state index is 13.1. The quantitative estimate of drug-likeness (QED) is 0.433. The fraction of sp³-hybridized carbons (Fsp3) is 0.840. The van der Waals surface area contributed by atoms with Crippen LogP contribution in [0.5, 0.6) is 0 Å². The number of ether oxygens (including phenoxy) is 1. The minimum Gasteiger partial charge on any atom is -0.466 e. The molecule has 5 fully saturated rings. The highest BCUT2D eigenvalue weighted by molar-refractivity contribution is 7.86. The summed E-state index contributed by atoms with van der Waals surface area (Å²) in [6.45, 7) is 9.06. The largest absolute Gasteiger partial charge is 0.466 e. The summed E-state index contributed by atoms with van der Waals surface area (Å²) in [5.74, 6) is 1.65. The number of carbonyl (C=O) groups is 2. The van der Waals surface area contributed by atoms with Crippen molar-refractivity contribution in [1.29, 1.82) is 0 Å². The van der Waals surface area contributed by atoms with Crippen molar-refractivity contribution in [3.63, 3.8) is 0 Å². The summed E-state index contributed by atoms with van der Waals surface area (Å²) in [7, 11) is -3.55. The van der Waals surface area contributed by atoms with E-state index in [2.05, 4.69) is 19.2 Å². The number of esters is 1. The lowest BCUT2D eigenvalue weighted by molar-refractivity contribution is -0.149. The maximum absolute atomic E-state index is 13.1. The Morgan fingerprint density at radius 1 is 1.06 bits per heavy atom. The summed E-state index contributed by atoms with van der Waals surface area (Å²) in [6.07, 6.45) is 7.62. The van der Waals surface area contributed by atoms with Gasteiger partial charge in [-0.2, -0.15) is 17.0 Å². The molecule has 1 amide bonds. The van der Waals surface area contributed by atoms with Gasteiger partial charge in [0.2, 0.25) is 5.91 Å². The molecule has 0 aromatic rings. The van der Waals surface area contributed by atoms with Crippen LogP contribution in [-0.4, -0.2) is 68.2 Å². The molecule has 2 saturated heterocycles. The normalized spacial score (nSPS) is 30.3. The van der Waals surface area contributed by atoms with E-state index in [0.29, 0.717) is 69.8 Å². The number of nitrogens with one attached hydrogen (secondary N) is 1. The summed E-state index contributed by atoms with van der Waals surface area (Å²) >= 11 is 0. The predicted molar refractivity (Wildman–Crippen MR) is 130 cm³/mol. The standard InChI is InChI=1S/C25H41N3O5S/c1-4-33-24(30)19-9-13-28(14-10-19)34(31,32)27-11-7-18(8-12-27)15-23(29)26-17-20-5-6-21-16-22(20)25(21,2)3/h15,19-22H,4-14,16-17H2,1-3H3,(H,26,29)/t20-,21-,22-/m0/s1. The molecule has 1 N–H and O–H groups in total. The lowest BCUT2D eigenvalue weighted by Crippen LogP contribution is -2.54. The van der Waals surface area contributed by atoms with Crippen LogP contribution in [0.15, 0.2) is 11.6 Å². The van der Waals surface area contributed by atoms with E-state index in [0.717, 1.165) is 24.0 Å². The lowest BCUT2D eigenvalue weighted by atomic mass is 9.45. The van der Waals surface area contributed by atoms with Gasteiger partial charge in [-0.25, -0.2) is 0 Å². The third-order valence-electron chi connectivity index (χ3n) is 8.97. The molecule has 3 aliphatic carbocycles. The Morgan fingerprint density at radius 3 is 2.29 bits per heavy atom. The van der Waals surface area contributed by atoms with Gasteiger partial charge in [0.15, 0.2) is 0 Å². The Hall–Kier alpha value is -1.45. The lowest BCUT2D eigenvalue weighted by Gasteiger charge is -2.60. The smallest absolute Gasteiger partial charge is 0.309 e. The second kappa shape index (κ2) is 10.3. The Balaban J connectivity index is 1.22. The third kappa shape index (κ3) is 5.21. The van der Waals surface area contributed by atoms with Crippen LogP contribution in [0.2, 0.25) is 0 Å². The summed E-state index contributed by atoms with van der Waals surface area (Å²) in [4.78, 5) is 24.5. The molecule has 0 unspecified atom stereocenters. The van der Waals surface area contributed by atoms with Gasteiger partial charge >= 0.3 is 5.97 Å². The van der Waals surface area contributed by atoms with Crippen molar-refractivity contribution in [3.05, 3.63) is 11.6 Å². The molecular formula is C25H41N3O5S. The summed E-state index contributed by atoms with van der Waals surface area (Å²) in [5.41, 5.74) is 1.43. The molecule has 0 radical (unpaired) electrons. The summed E-state index contributed by atoms with van der Waals surface area (Å²) < 4.78 is 34.2. The van der Waals surface area contributed by atoms with E-state index in [1.165, 1.54) is 27.9 Å². The van der Waals surface area contributed by atoms with Crippen molar-refractivity contribution in [3.8, 4) is 0 Å². The zero-order valence-corrected chi connectivity index (χ0v) is 21.7. The van der Waals surface area contributed by atoms with E-state index in [-0.39, 0.29) is 17.8 Å². The number of fused-ring (bicyclic) bond motifs is 2. The minimum atomic E-state index is -3.55. The van der Waals surface area contributed by atoms with Gasteiger partial charge < -0.3 is 10.1 Å². The molecule has 2 heterocycles. The highest BCUT2D eigenvalue weighted by Gasteiger charge is 2.53. The van der Waals surface area contributed by atoms with Gasteiger partial charge in [0, 0.05) is 38.8 Å². The van der Waals surface area contributed by atoms with Gasteiger partial charge in [-0.1, -0.05) is 19.4 Å². The molecule has 2 aliphatic heterocycles. The van der Waals surface area contributed by atoms with Crippen molar-refractivity contribution < 1.29 is 22.7 Å². The first-order chi connectivity index (χ1) is 16.1. The number of nitrogens with zero attached hydrogens (tertiary/aromatic N) is 2. The van der Waals surface area contributed by atoms with Gasteiger partial charge in [-0.3, -0.25) is 9.59 Å². The number of carbonyl (C=O) groups excluding carboxylic acids is 2. The van der Waals surface area contributed by atoms with Crippen LogP contribution in [0.1, 0.15) is 65.7 Å². The van der Waals surface area contributed by atoms with Gasteiger partial charge in [0.25, 0.3) is 10.2 Å². The van der Waals surface area contributed by atoms with Crippen molar-refractivity contribution in [2.45, 2.75) is 65.7 Å². The third-order valence-corrected chi connectivity index (χ3v) is 11.0. The van der Waals surface area contributed by atoms with E-state index in [4.69, 9.17) is 4.74 Å². The molecule has 8 nitrogen and oxygen atoms in total. The zero-order valence-electron chi connectivity index (χ0n) is 20.9. The van der Waals surface area contributed by atoms with Crippen molar-refractivity contribution in [2.75, 3.05) is 39.3 Å². The van der Waals surface area contributed by atoms with E-state index in [1.807, 2.05) is 0 Å². The number of piperidine rings is 2. The van der Waals surface area contributed by atoms with Gasteiger partial charge in [0.05, 0.1) is 12.5 Å². The fourth-order valence-electron chi connectivity index (χ4n) is 6.57. The highest BCUT2D eigenvalue weighted by Crippen LogP contribution is 2.61. The maximum Gasteiger partial charge on any atom is 0.309 e. The zero-order chi connectivity index (χ0) is 24.5. The second-order valence-electron chi connectivity index (χ2n) is 11.1. The summed E-state index contributed by atoms with van der Waals surface area (Å²) in [5, 5.41) is 3.11. The molecule has 34 heavy (non-hydrogen) atoms. The van der Waals surface area contributed by atoms with Crippen LogP contribution in [-0.2, 0) is 24.5 Å². The first kappa shape index (κ1) is 25.6. The molecular weight excluding hydrogens is 454 g/mol. The van der Waals surface area contributed by atoms with Gasteiger partial charge in [-0.15, -0.1) is 0 Å². The number of hydrogen-bond donors (Lipinski definition) is 1. The van der Waals surface area contributed by atoms with Gasteiger partial charge in [-0.05, 0) is 75.0 Å². The molecule has 192 valence electrons. The predicted octanol–water partition coefficient (Wildman–Crippen LogP) is 2.72. The average molecular weight is 496 g/mol. The highest BCUT2D eigenvalue weighted by atomic mass is 32.2. The van der Waals surface area contributed by atoms with Crippen LogP contribution < -0.4 is 5.32 Å². The second-order valence-corrected chi connectivity index (χ2v) is 13.0. The van der Waals surface area contributed by atoms with Crippen LogP contribution >= 0.6 is 0 Å². The Kier molecular flexibility index (Phi) is 7.74. The Morgan fingerprint density at radius 2 is 1.71 bits per heavy atom. The molecule has 3 saturated carbocycles. The van der Waals surface area contributed by atoms with Crippen LogP contribution in [0.3, 0.4) is 0 Å². The van der Waals surface area contributed by atoms with Crippen LogP contribution in [0.4, 0.5) is 0 Å². The molecule has 9 heteroatoms.